The molecular formula is C17H23F5N2O2. The molecule has 0 bridgehead atoms. The van der Waals surface area contributed by atoms with E-state index in [1.54, 1.807) is 6.92 Å². The van der Waals surface area contributed by atoms with Crippen LogP contribution in [0.15, 0.2) is 18.2 Å². The molecule has 0 radical (unpaired) electrons. The van der Waals surface area contributed by atoms with E-state index in [1.807, 2.05) is 0 Å². The molecule has 1 rings (SSSR count). The van der Waals surface area contributed by atoms with E-state index >= 15 is 0 Å². The Morgan fingerprint density at radius 3 is 1.92 bits per heavy atom. The Hall–Kier alpha value is -1.74. The molecule has 0 unspecified atom stereocenters. The van der Waals surface area contributed by atoms with Crippen LogP contribution in [-0.4, -0.2) is 25.2 Å². The monoisotopic (exact) mass is 382 g/mol. The van der Waals surface area contributed by atoms with Crippen molar-refractivity contribution in [2.45, 2.75) is 57.5 Å². The molecule has 0 aliphatic rings. The van der Waals surface area contributed by atoms with Crippen LogP contribution in [0.2, 0.25) is 0 Å². The first kappa shape index (κ1) is 22.3. The van der Waals surface area contributed by atoms with E-state index in [9.17, 15) is 26.7 Å². The molecule has 4 nitrogen and oxygen atoms in total. The maximum Gasteiger partial charge on any atom is 0.416 e. The third kappa shape index (κ3) is 5.38. The van der Waals surface area contributed by atoms with Crippen LogP contribution in [0.25, 0.3) is 0 Å². The SMILES string of the molecule is CO[C@@H](C)[C@@H](N)C(=O)NC(C)(C)c1cc(C(C)(F)F)cc(C(F)(F)F)c1. The number of carbonyl (C=O) groups is 1. The van der Waals surface area contributed by atoms with Gasteiger partial charge in [-0.2, -0.15) is 13.2 Å². The Kier molecular flexibility index (Phi) is 6.41. The van der Waals surface area contributed by atoms with E-state index < -0.39 is 46.8 Å². The maximum atomic E-state index is 13.6. The molecular weight excluding hydrogens is 359 g/mol. The van der Waals surface area contributed by atoms with E-state index in [2.05, 4.69) is 5.32 Å². The van der Waals surface area contributed by atoms with Crippen molar-refractivity contribution in [3.8, 4) is 0 Å². The van der Waals surface area contributed by atoms with Gasteiger partial charge in [-0.25, -0.2) is 8.78 Å². The van der Waals surface area contributed by atoms with Gasteiger partial charge in [-0.05, 0) is 44.5 Å². The molecule has 0 fully saturated rings. The highest BCUT2D eigenvalue weighted by atomic mass is 19.4. The molecule has 1 aromatic rings. The van der Waals surface area contributed by atoms with Gasteiger partial charge in [0.2, 0.25) is 5.91 Å². The molecule has 26 heavy (non-hydrogen) atoms. The van der Waals surface area contributed by atoms with Crippen molar-refractivity contribution < 1.29 is 31.5 Å². The van der Waals surface area contributed by atoms with Crippen LogP contribution >= 0.6 is 0 Å². The predicted octanol–water partition coefficient (Wildman–Crippen LogP) is 3.53. The number of hydrogen-bond donors (Lipinski definition) is 2. The molecule has 3 N–H and O–H groups in total. The van der Waals surface area contributed by atoms with E-state index in [4.69, 9.17) is 10.5 Å². The van der Waals surface area contributed by atoms with E-state index in [-0.39, 0.29) is 5.56 Å². The third-order valence-electron chi connectivity index (χ3n) is 4.10. The quantitative estimate of drug-likeness (QED) is 0.740. The summed E-state index contributed by atoms with van der Waals surface area (Å²) >= 11 is 0. The van der Waals surface area contributed by atoms with Crippen molar-refractivity contribution in [3.05, 3.63) is 34.9 Å². The smallest absolute Gasteiger partial charge is 0.380 e. The lowest BCUT2D eigenvalue weighted by Crippen LogP contribution is -2.53. The summed E-state index contributed by atoms with van der Waals surface area (Å²) in [5, 5.41) is 2.49. The fourth-order valence-corrected chi connectivity index (χ4v) is 2.23. The lowest BCUT2D eigenvalue weighted by molar-refractivity contribution is -0.137. The number of rotatable bonds is 6. The average Bonchev–Trinajstić information content (AvgIpc) is 2.50. The Morgan fingerprint density at radius 2 is 1.50 bits per heavy atom. The average molecular weight is 382 g/mol. The zero-order chi connectivity index (χ0) is 20.5. The molecule has 0 spiro atoms. The molecule has 0 aliphatic heterocycles. The van der Waals surface area contributed by atoms with Gasteiger partial charge in [0, 0.05) is 19.6 Å². The first-order valence-electron chi connectivity index (χ1n) is 7.81. The standard InChI is InChI=1S/C17H23F5N2O2/c1-9(26-5)13(23)14(25)24-15(2,3)10-6-11(16(4,18)19)8-12(7-10)17(20,21)22/h6-9,13H,23H2,1-5H3,(H,24,25)/t9-,13+/m0/s1. The normalized spacial score (nSPS) is 15.5. The summed E-state index contributed by atoms with van der Waals surface area (Å²) in [7, 11) is 1.35. The summed E-state index contributed by atoms with van der Waals surface area (Å²) in [4.78, 5) is 12.2. The Labute approximate surface area is 148 Å². The molecule has 1 aromatic carbocycles. The van der Waals surface area contributed by atoms with Crippen molar-refractivity contribution in [1.29, 1.82) is 0 Å². The summed E-state index contributed by atoms with van der Waals surface area (Å²) < 4.78 is 71.5. The molecule has 0 heterocycles. The largest absolute Gasteiger partial charge is 0.416 e. The van der Waals surface area contributed by atoms with Crippen LogP contribution in [0, 0.1) is 0 Å². The molecule has 1 amide bonds. The van der Waals surface area contributed by atoms with E-state index in [1.165, 1.54) is 21.0 Å². The lowest BCUT2D eigenvalue weighted by atomic mass is 9.89. The maximum absolute atomic E-state index is 13.6. The van der Waals surface area contributed by atoms with Crippen molar-refractivity contribution >= 4 is 5.91 Å². The number of hydrogen-bond acceptors (Lipinski definition) is 3. The minimum atomic E-state index is -4.81. The minimum Gasteiger partial charge on any atom is -0.380 e. The predicted molar refractivity (Wildman–Crippen MR) is 86.6 cm³/mol. The molecule has 148 valence electrons. The number of methoxy groups -OCH3 is 1. The van der Waals surface area contributed by atoms with E-state index in [0.717, 1.165) is 12.1 Å². The first-order chi connectivity index (χ1) is 11.6. The van der Waals surface area contributed by atoms with Gasteiger partial charge in [-0.15, -0.1) is 0 Å². The van der Waals surface area contributed by atoms with Crippen LogP contribution in [0.4, 0.5) is 22.0 Å². The van der Waals surface area contributed by atoms with E-state index in [0.29, 0.717) is 13.0 Å². The van der Waals surface area contributed by atoms with Gasteiger partial charge in [-0.3, -0.25) is 4.79 Å². The molecule has 0 saturated heterocycles. The van der Waals surface area contributed by atoms with Gasteiger partial charge in [-0.1, -0.05) is 0 Å². The van der Waals surface area contributed by atoms with Crippen LogP contribution in [-0.2, 0) is 27.2 Å². The van der Waals surface area contributed by atoms with Crippen LogP contribution in [0.5, 0.6) is 0 Å². The zero-order valence-electron chi connectivity index (χ0n) is 15.2. The second-order valence-electron chi connectivity index (χ2n) is 6.77. The molecule has 0 aliphatic carbocycles. The number of nitrogens with two attached hydrogens (primary N) is 1. The van der Waals surface area contributed by atoms with Gasteiger partial charge >= 0.3 is 6.18 Å². The van der Waals surface area contributed by atoms with Crippen molar-refractivity contribution in [3.63, 3.8) is 0 Å². The second-order valence-corrected chi connectivity index (χ2v) is 6.77. The highest BCUT2D eigenvalue weighted by Crippen LogP contribution is 2.37. The number of halogens is 5. The topological polar surface area (TPSA) is 64.3 Å². The summed E-state index contributed by atoms with van der Waals surface area (Å²) in [6.07, 6.45) is -5.44. The zero-order valence-corrected chi connectivity index (χ0v) is 15.2. The number of ether oxygens (including phenoxy) is 1. The number of carbonyl (C=O) groups excluding carboxylic acids is 1. The van der Waals surface area contributed by atoms with Gasteiger partial charge in [0.25, 0.3) is 5.92 Å². The summed E-state index contributed by atoms with van der Waals surface area (Å²) in [5.41, 5.74) is 2.22. The van der Waals surface area contributed by atoms with Crippen molar-refractivity contribution in [1.82, 2.24) is 5.32 Å². The van der Waals surface area contributed by atoms with Crippen LogP contribution in [0.1, 0.15) is 44.4 Å². The number of alkyl halides is 5. The highest BCUT2D eigenvalue weighted by Gasteiger charge is 2.37. The second kappa shape index (κ2) is 7.48. The Bertz CT molecular complexity index is 621. The number of nitrogens with one attached hydrogen (secondary N) is 1. The van der Waals surface area contributed by atoms with Crippen molar-refractivity contribution in [2.75, 3.05) is 7.11 Å². The summed E-state index contributed by atoms with van der Waals surface area (Å²) in [5.74, 6) is -4.15. The van der Waals surface area contributed by atoms with Gasteiger partial charge < -0.3 is 15.8 Å². The molecule has 2 atom stereocenters. The van der Waals surface area contributed by atoms with Crippen LogP contribution < -0.4 is 11.1 Å². The lowest BCUT2D eigenvalue weighted by Gasteiger charge is -2.31. The Morgan fingerprint density at radius 1 is 1.04 bits per heavy atom. The number of amides is 1. The Balaban J connectivity index is 3.32. The number of benzene rings is 1. The molecule has 0 saturated carbocycles. The fourth-order valence-electron chi connectivity index (χ4n) is 2.23. The minimum absolute atomic E-state index is 0.116. The van der Waals surface area contributed by atoms with Crippen LogP contribution in [0.3, 0.4) is 0 Å². The van der Waals surface area contributed by atoms with Gasteiger partial charge in [0.05, 0.1) is 17.2 Å². The van der Waals surface area contributed by atoms with Crippen molar-refractivity contribution in [2.24, 2.45) is 5.73 Å². The summed E-state index contributed by atoms with van der Waals surface area (Å²) in [6, 6.07) is 1.01. The van der Waals surface area contributed by atoms with Gasteiger partial charge in [0.1, 0.15) is 6.04 Å². The summed E-state index contributed by atoms with van der Waals surface area (Å²) in [6.45, 7) is 4.87. The fraction of sp³-hybridized carbons (Fsp3) is 0.588. The molecule has 0 aromatic heterocycles. The third-order valence-corrected chi connectivity index (χ3v) is 4.10. The first-order valence-corrected chi connectivity index (χ1v) is 7.81. The van der Waals surface area contributed by atoms with Gasteiger partial charge in [0.15, 0.2) is 0 Å². The molecule has 9 heteroatoms. The highest BCUT2D eigenvalue weighted by molar-refractivity contribution is 5.83.